The molecular weight excluding hydrogens is 330 g/mol. The number of hydrogen-bond donors (Lipinski definition) is 2. The lowest BCUT2D eigenvalue weighted by Gasteiger charge is -2.34. The fourth-order valence-electron chi connectivity index (χ4n) is 4.07. The molecule has 1 saturated heterocycles. The number of amides is 1. The molecule has 2 aliphatic rings. The second kappa shape index (κ2) is 8.62. The first-order valence-electron chi connectivity index (χ1n) is 9.62. The van der Waals surface area contributed by atoms with Gasteiger partial charge in [-0.3, -0.25) is 4.79 Å². The molecule has 0 aromatic heterocycles. The lowest BCUT2D eigenvalue weighted by atomic mass is 9.98. The Hall–Kier alpha value is -1.95. The summed E-state index contributed by atoms with van der Waals surface area (Å²) < 4.78 is 10.6. The average Bonchev–Trinajstić information content (AvgIpc) is 3.06. The number of nitrogens with two attached hydrogens (primary N) is 1. The fourth-order valence-corrected chi connectivity index (χ4v) is 4.07. The monoisotopic (exact) mass is 361 g/mol. The normalized spacial score (nSPS) is 23.7. The van der Waals surface area contributed by atoms with Crippen LogP contribution in [0, 0.1) is 5.92 Å². The highest BCUT2D eigenvalue weighted by Crippen LogP contribution is 2.29. The third kappa shape index (κ3) is 4.61. The van der Waals surface area contributed by atoms with Gasteiger partial charge in [-0.15, -0.1) is 0 Å². The van der Waals surface area contributed by atoms with Crippen LogP contribution in [0.2, 0.25) is 0 Å². The highest BCUT2D eigenvalue weighted by Gasteiger charge is 2.29. The average molecular weight is 361 g/mol. The number of likely N-dealkylation sites (tertiary alicyclic amines) is 1. The summed E-state index contributed by atoms with van der Waals surface area (Å²) >= 11 is 0. The van der Waals surface area contributed by atoms with Gasteiger partial charge in [0.25, 0.3) is 0 Å². The Kier molecular flexibility index (Phi) is 6.25. The minimum Gasteiger partial charge on any atom is -0.497 e. The predicted molar refractivity (Wildman–Crippen MR) is 103 cm³/mol. The van der Waals surface area contributed by atoms with Crippen LogP contribution in [-0.2, 0) is 4.79 Å². The van der Waals surface area contributed by atoms with E-state index in [-0.39, 0.29) is 11.9 Å². The maximum Gasteiger partial charge on any atom is 0.222 e. The zero-order chi connectivity index (χ0) is 18.5. The van der Waals surface area contributed by atoms with Crippen molar-refractivity contribution >= 4 is 11.6 Å². The standard InChI is InChI=1S/C20H31N3O3/c1-25-17-11-16(12-18(13-17)26-2)22-15-6-8-23(9-7-15)20(24)10-14-4-3-5-19(14)21/h11-15,19,22H,3-10,21H2,1-2H3/t14-,19+/m0/s1. The first-order chi connectivity index (χ1) is 12.6. The Balaban J connectivity index is 1.50. The Bertz CT molecular complexity index is 592. The van der Waals surface area contributed by atoms with E-state index in [2.05, 4.69) is 5.32 Å². The van der Waals surface area contributed by atoms with Crippen LogP contribution in [0.15, 0.2) is 18.2 Å². The van der Waals surface area contributed by atoms with Crippen LogP contribution in [0.5, 0.6) is 11.5 Å². The molecule has 26 heavy (non-hydrogen) atoms. The topological polar surface area (TPSA) is 76.8 Å². The molecule has 2 fully saturated rings. The van der Waals surface area contributed by atoms with Crippen molar-refractivity contribution in [1.82, 2.24) is 4.90 Å². The van der Waals surface area contributed by atoms with Crippen LogP contribution in [0.4, 0.5) is 5.69 Å². The lowest BCUT2D eigenvalue weighted by Crippen LogP contribution is -2.43. The third-order valence-corrected chi connectivity index (χ3v) is 5.72. The van der Waals surface area contributed by atoms with Crippen molar-refractivity contribution in [1.29, 1.82) is 0 Å². The summed E-state index contributed by atoms with van der Waals surface area (Å²) in [5.41, 5.74) is 7.10. The van der Waals surface area contributed by atoms with Crippen LogP contribution < -0.4 is 20.5 Å². The molecule has 144 valence electrons. The number of hydrogen-bond acceptors (Lipinski definition) is 5. The first kappa shape index (κ1) is 18.8. The summed E-state index contributed by atoms with van der Waals surface area (Å²) in [4.78, 5) is 14.6. The van der Waals surface area contributed by atoms with Crippen molar-refractivity contribution in [3.63, 3.8) is 0 Å². The van der Waals surface area contributed by atoms with E-state index in [1.54, 1.807) is 14.2 Å². The van der Waals surface area contributed by atoms with E-state index in [4.69, 9.17) is 15.2 Å². The molecule has 2 atom stereocenters. The molecule has 1 amide bonds. The Morgan fingerprint density at radius 3 is 2.31 bits per heavy atom. The highest BCUT2D eigenvalue weighted by molar-refractivity contribution is 5.76. The maximum absolute atomic E-state index is 12.5. The fraction of sp³-hybridized carbons (Fsp3) is 0.650. The molecule has 0 radical (unpaired) electrons. The van der Waals surface area contributed by atoms with Crippen LogP contribution in [0.3, 0.4) is 0 Å². The molecule has 6 nitrogen and oxygen atoms in total. The molecule has 1 saturated carbocycles. The predicted octanol–water partition coefficient (Wildman–Crippen LogP) is 2.62. The quantitative estimate of drug-likeness (QED) is 0.814. The Morgan fingerprint density at radius 2 is 1.77 bits per heavy atom. The number of rotatable bonds is 6. The smallest absolute Gasteiger partial charge is 0.222 e. The summed E-state index contributed by atoms with van der Waals surface area (Å²) in [7, 11) is 3.30. The minimum absolute atomic E-state index is 0.209. The van der Waals surface area contributed by atoms with Crippen molar-refractivity contribution < 1.29 is 14.3 Å². The highest BCUT2D eigenvalue weighted by atomic mass is 16.5. The number of carbonyl (C=O) groups is 1. The molecule has 6 heteroatoms. The van der Waals surface area contributed by atoms with Gasteiger partial charge in [-0.05, 0) is 31.6 Å². The zero-order valence-corrected chi connectivity index (χ0v) is 15.9. The van der Waals surface area contributed by atoms with E-state index in [9.17, 15) is 4.79 Å². The lowest BCUT2D eigenvalue weighted by molar-refractivity contribution is -0.133. The summed E-state index contributed by atoms with van der Waals surface area (Å²) in [5, 5.41) is 3.55. The molecule has 1 aliphatic heterocycles. The minimum atomic E-state index is 0.209. The second-order valence-electron chi connectivity index (χ2n) is 7.46. The van der Waals surface area contributed by atoms with E-state index in [0.29, 0.717) is 18.4 Å². The Labute approximate surface area is 156 Å². The van der Waals surface area contributed by atoms with Gasteiger partial charge in [-0.25, -0.2) is 0 Å². The molecule has 0 bridgehead atoms. The van der Waals surface area contributed by atoms with Gasteiger partial charge in [-0.1, -0.05) is 6.42 Å². The van der Waals surface area contributed by atoms with Crippen molar-refractivity contribution in [2.75, 3.05) is 32.6 Å². The van der Waals surface area contributed by atoms with Crippen LogP contribution in [0.25, 0.3) is 0 Å². The van der Waals surface area contributed by atoms with Gasteiger partial charge in [0, 0.05) is 55.5 Å². The van der Waals surface area contributed by atoms with Gasteiger partial charge < -0.3 is 25.4 Å². The van der Waals surface area contributed by atoms with Gasteiger partial charge in [0.15, 0.2) is 0 Å². The number of ether oxygens (including phenoxy) is 2. The number of carbonyl (C=O) groups excluding carboxylic acids is 1. The van der Waals surface area contributed by atoms with Crippen molar-refractivity contribution in [2.45, 2.75) is 50.6 Å². The van der Waals surface area contributed by atoms with Crippen molar-refractivity contribution in [3.05, 3.63) is 18.2 Å². The largest absolute Gasteiger partial charge is 0.497 e. The van der Waals surface area contributed by atoms with Gasteiger partial charge in [0.1, 0.15) is 11.5 Å². The molecule has 0 spiro atoms. The first-order valence-corrected chi connectivity index (χ1v) is 9.62. The van der Waals surface area contributed by atoms with Crippen LogP contribution >= 0.6 is 0 Å². The molecule has 1 aromatic rings. The van der Waals surface area contributed by atoms with E-state index < -0.39 is 0 Å². The molecule has 3 N–H and O–H groups in total. The number of nitrogens with one attached hydrogen (secondary N) is 1. The van der Waals surface area contributed by atoms with E-state index in [1.807, 2.05) is 23.1 Å². The van der Waals surface area contributed by atoms with E-state index in [1.165, 1.54) is 0 Å². The van der Waals surface area contributed by atoms with Crippen LogP contribution in [-0.4, -0.2) is 50.2 Å². The molecular formula is C20H31N3O3. The van der Waals surface area contributed by atoms with Gasteiger partial charge in [-0.2, -0.15) is 0 Å². The number of nitrogens with zero attached hydrogens (tertiary/aromatic N) is 1. The van der Waals surface area contributed by atoms with Gasteiger partial charge in [0.2, 0.25) is 5.91 Å². The Morgan fingerprint density at radius 1 is 1.12 bits per heavy atom. The molecule has 1 heterocycles. The van der Waals surface area contributed by atoms with Gasteiger partial charge >= 0.3 is 0 Å². The van der Waals surface area contributed by atoms with Crippen LogP contribution in [0.1, 0.15) is 38.5 Å². The summed E-state index contributed by atoms with van der Waals surface area (Å²) in [6.07, 6.45) is 5.84. The van der Waals surface area contributed by atoms with Gasteiger partial charge in [0.05, 0.1) is 14.2 Å². The number of benzene rings is 1. The zero-order valence-electron chi connectivity index (χ0n) is 15.9. The number of piperidine rings is 1. The number of methoxy groups -OCH3 is 2. The van der Waals surface area contributed by atoms with E-state index in [0.717, 1.165) is 62.4 Å². The maximum atomic E-state index is 12.5. The van der Waals surface area contributed by atoms with Crippen molar-refractivity contribution in [2.24, 2.45) is 11.7 Å². The summed E-state index contributed by atoms with van der Waals surface area (Å²) in [6, 6.07) is 6.37. The van der Waals surface area contributed by atoms with E-state index >= 15 is 0 Å². The molecule has 3 rings (SSSR count). The second-order valence-corrected chi connectivity index (χ2v) is 7.46. The summed E-state index contributed by atoms with van der Waals surface area (Å²) in [5.74, 6) is 2.19. The SMILES string of the molecule is COc1cc(NC2CCN(C(=O)C[C@@H]3CCC[C@H]3N)CC2)cc(OC)c1. The number of anilines is 1. The summed E-state index contributed by atoms with van der Waals surface area (Å²) in [6.45, 7) is 1.61. The molecule has 1 aromatic carbocycles. The molecule has 0 unspecified atom stereocenters. The van der Waals surface area contributed by atoms with Crippen molar-refractivity contribution in [3.8, 4) is 11.5 Å². The third-order valence-electron chi connectivity index (χ3n) is 5.72. The molecule has 1 aliphatic carbocycles.